The van der Waals surface area contributed by atoms with Crippen molar-refractivity contribution >= 4 is 35.0 Å². The highest BCUT2D eigenvalue weighted by molar-refractivity contribution is 7.99. The minimum Gasteiger partial charge on any atom is -0.325 e. The molecule has 0 fully saturated rings. The average molecular weight is 449 g/mol. The monoisotopic (exact) mass is 448 g/mol. The number of carbonyl (C=O) groups is 1. The van der Waals surface area contributed by atoms with E-state index in [4.69, 9.17) is 11.6 Å². The van der Waals surface area contributed by atoms with E-state index in [9.17, 15) is 4.79 Å². The quantitative estimate of drug-likeness (QED) is 0.371. The molecule has 0 aliphatic rings. The Bertz CT molecular complexity index is 1220. The highest BCUT2D eigenvalue weighted by atomic mass is 35.5. The van der Waals surface area contributed by atoms with Gasteiger partial charge in [-0.25, -0.2) is 0 Å². The summed E-state index contributed by atoms with van der Waals surface area (Å²) in [6.07, 6.45) is 0. The molecule has 0 saturated heterocycles. The number of benzene rings is 3. The van der Waals surface area contributed by atoms with Gasteiger partial charge in [0, 0.05) is 22.0 Å². The molecular formula is C24H21ClN4OS. The van der Waals surface area contributed by atoms with Crippen LogP contribution in [0.25, 0.3) is 17.1 Å². The minimum atomic E-state index is -0.129. The Balaban J connectivity index is 1.60. The first-order chi connectivity index (χ1) is 15.0. The molecule has 0 spiro atoms. The Hall–Kier alpha value is -3.09. The number of hydrogen-bond acceptors (Lipinski definition) is 4. The second kappa shape index (κ2) is 9.37. The van der Waals surface area contributed by atoms with E-state index in [1.807, 2.05) is 79.1 Å². The SMILES string of the molecule is Cc1cccc(-n2c(SCC(=O)Nc3cccc(Cl)c3C)nnc2-c2ccccc2)c1. The van der Waals surface area contributed by atoms with E-state index in [-0.39, 0.29) is 11.7 Å². The van der Waals surface area contributed by atoms with Crippen molar-refractivity contribution < 1.29 is 4.79 Å². The Labute approximate surface area is 190 Å². The molecule has 4 aromatic rings. The first kappa shape index (κ1) is 21.2. The number of nitrogens with one attached hydrogen (secondary N) is 1. The molecule has 0 radical (unpaired) electrons. The van der Waals surface area contributed by atoms with Crippen LogP contribution >= 0.6 is 23.4 Å². The van der Waals surface area contributed by atoms with Gasteiger partial charge in [0.2, 0.25) is 5.91 Å². The maximum atomic E-state index is 12.6. The van der Waals surface area contributed by atoms with Crippen LogP contribution < -0.4 is 5.32 Å². The normalized spacial score (nSPS) is 10.8. The van der Waals surface area contributed by atoms with Gasteiger partial charge in [0.15, 0.2) is 11.0 Å². The van der Waals surface area contributed by atoms with Crippen molar-refractivity contribution in [3.8, 4) is 17.1 Å². The summed E-state index contributed by atoms with van der Waals surface area (Å²) >= 11 is 7.50. The summed E-state index contributed by atoms with van der Waals surface area (Å²) in [5.41, 5.74) is 4.61. The first-order valence-corrected chi connectivity index (χ1v) is 11.1. The Morgan fingerprint density at radius 1 is 1.00 bits per heavy atom. The molecule has 31 heavy (non-hydrogen) atoms. The van der Waals surface area contributed by atoms with E-state index in [1.165, 1.54) is 11.8 Å². The van der Waals surface area contributed by atoms with Crippen LogP contribution in [0.2, 0.25) is 5.02 Å². The molecule has 0 aliphatic heterocycles. The van der Waals surface area contributed by atoms with Crippen LogP contribution in [0.5, 0.6) is 0 Å². The van der Waals surface area contributed by atoms with Gasteiger partial charge < -0.3 is 5.32 Å². The number of rotatable bonds is 6. The number of hydrogen-bond donors (Lipinski definition) is 1. The van der Waals surface area contributed by atoms with Gasteiger partial charge in [-0.1, -0.05) is 71.9 Å². The number of carbonyl (C=O) groups excluding carboxylic acids is 1. The predicted octanol–water partition coefficient (Wildman–Crippen LogP) is 5.94. The molecule has 3 aromatic carbocycles. The van der Waals surface area contributed by atoms with Crippen LogP contribution in [0.15, 0.2) is 78.0 Å². The molecule has 1 amide bonds. The van der Waals surface area contributed by atoms with E-state index < -0.39 is 0 Å². The third kappa shape index (κ3) is 4.81. The number of aryl methyl sites for hydroxylation is 1. The zero-order chi connectivity index (χ0) is 21.8. The van der Waals surface area contributed by atoms with Crippen LogP contribution in [0.4, 0.5) is 5.69 Å². The van der Waals surface area contributed by atoms with Crippen molar-refractivity contribution in [3.63, 3.8) is 0 Å². The summed E-state index contributed by atoms with van der Waals surface area (Å²) in [5.74, 6) is 0.806. The summed E-state index contributed by atoms with van der Waals surface area (Å²) in [5, 5.41) is 13.0. The fraction of sp³-hybridized carbons (Fsp3) is 0.125. The lowest BCUT2D eigenvalue weighted by molar-refractivity contribution is -0.113. The fourth-order valence-corrected chi connectivity index (χ4v) is 4.12. The molecule has 1 heterocycles. The highest BCUT2D eigenvalue weighted by Crippen LogP contribution is 2.29. The smallest absolute Gasteiger partial charge is 0.234 e. The summed E-state index contributed by atoms with van der Waals surface area (Å²) < 4.78 is 1.99. The van der Waals surface area contributed by atoms with Crippen molar-refractivity contribution in [2.75, 3.05) is 11.1 Å². The second-order valence-electron chi connectivity index (χ2n) is 7.10. The molecule has 1 aromatic heterocycles. The summed E-state index contributed by atoms with van der Waals surface area (Å²) in [6, 6.07) is 23.5. The van der Waals surface area contributed by atoms with Gasteiger partial charge in [0.1, 0.15) is 0 Å². The lowest BCUT2D eigenvalue weighted by atomic mass is 10.2. The number of thioether (sulfide) groups is 1. The summed E-state index contributed by atoms with van der Waals surface area (Å²) in [6.45, 7) is 3.93. The summed E-state index contributed by atoms with van der Waals surface area (Å²) in [7, 11) is 0. The zero-order valence-electron chi connectivity index (χ0n) is 17.2. The molecule has 1 N–H and O–H groups in total. The first-order valence-electron chi connectivity index (χ1n) is 9.78. The van der Waals surface area contributed by atoms with Crippen molar-refractivity contribution in [2.45, 2.75) is 19.0 Å². The van der Waals surface area contributed by atoms with Crippen molar-refractivity contribution in [1.29, 1.82) is 0 Å². The standard InChI is InChI=1S/C24H21ClN4OS/c1-16-8-6-11-19(14-16)29-23(18-9-4-3-5-10-18)27-28-24(29)31-15-22(30)26-21-13-7-12-20(25)17(21)2/h3-14H,15H2,1-2H3,(H,26,30). The predicted molar refractivity (Wildman–Crippen MR) is 127 cm³/mol. The number of anilines is 1. The van der Waals surface area contributed by atoms with E-state index in [2.05, 4.69) is 21.6 Å². The second-order valence-corrected chi connectivity index (χ2v) is 8.45. The Kier molecular flexibility index (Phi) is 6.39. The Morgan fingerprint density at radius 2 is 1.77 bits per heavy atom. The van der Waals surface area contributed by atoms with E-state index in [0.29, 0.717) is 15.9 Å². The molecule has 7 heteroatoms. The van der Waals surface area contributed by atoms with Gasteiger partial charge in [-0.15, -0.1) is 10.2 Å². The third-order valence-electron chi connectivity index (χ3n) is 4.80. The van der Waals surface area contributed by atoms with Gasteiger partial charge in [-0.3, -0.25) is 9.36 Å². The highest BCUT2D eigenvalue weighted by Gasteiger charge is 2.17. The minimum absolute atomic E-state index is 0.129. The van der Waals surface area contributed by atoms with Crippen molar-refractivity contribution in [3.05, 3.63) is 88.9 Å². The van der Waals surface area contributed by atoms with E-state index in [1.54, 1.807) is 6.07 Å². The molecule has 0 bridgehead atoms. The molecular weight excluding hydrogens is 428 g/mol. The maximum absolute atomic E-state index is 12.6. The molecule has 0 saturated carbocycles. The molecule has 0 atom stereocenters. The molecule has 156 valence electrons. The van der Waals surface area contributed by atoms with Gasteiger partial charge in [-0.05, 0) is 49.2 Å². The third-order valence-corrected chi connectivity index (χ3v) is 6.14. The van der Waals surface area contributed by atoms with Gasteiger partial charge in [0.25, 0.3) is 0 Å². The molecule has 0 unspecified atom stereocenters. The van der Waals surface area contributed by atoms with Crippen LogP contribution in [-0.2, 0) is 4.79 Å². The maximum Gasteiger partial charge on any atom is 0.234 e. The fourth-order valence-electron chi connectivity index (χ4n) is 3.20. The zero-order valence-corrected chi connectivity index (χ0v) is 18.7. The van der Waals surface area contributed by atoms with Crippen molar-refractivity contribution in [1.82, 2.24) is 14.8 Å². The van der Waals surface area contributed by atoms with Crippen LogP contribution in [0.1, 0.15) is 11.1 Å². The van der Waals surface area contributed by atoms with Crippen molar-refractivity contribution in [2.24, 2.45) is 0 Å². The number of amides is 1. The molecule has 5 nitrogen and oxygen atoms in total. The van der Waals surface area contributed by atoms with E-state index >= 15 is 0 Å². The lowest BCUT2D eigenvalue weighted by Gasteiger charge is -2.12. The lowest BCUT2D eigenvalue weighted by Crippen LogP contribution is -2.15. The largest absolute Gasteiger partial charge is 0.325 e. The number of halogens is 1. The van der Waals surface area contributed by atoms with E-state index in [0.717, 1.165) is 28.2 Å². The van der Waals surface area contributed by atoms with Crippen LogP contribution in [0, 0.1) is 13.8 Å². The topological polar surface area (TPSA) is 59.8 Å². The molecule has 4 rings (SSSR count). The van der Waals surface area contributed by atoms with Gasteiger partial charge in [0.05, 0.1) is 5.75 Å². The van der Waals surface area contributed by atoms with Gasteiger partial charge >= 0.3 is 0 Å². The molecule has 0 aliphatic carbocycles. The van der Waals surface area contributed by atoms with Crippen LogP contribution in [-0.4, -0.2) is 26.4 Å². The number of aromatic nitrogens is 3. The van der Waals surface area contributed by atoms with Gasteiger partial charge in [-0.2, -0.15) is 0 Å². The van der Waals surface area contributed by atoms with Crippen LogP contribution in [0.3, 0.4) is 0 Å². The Morgan fingerprint density at radius 3 is 2.55 bits per heavy atom. The average Bonchev–Trinajstić information content (AvgIpc) is 3.20. The number of nitrogens with zero attached hydrogens (tertiary/aromatic N) is 3. The summed E-state index contributed by atoms with van der Waals surface area (Å²) in [4.78, 5) is 12.6.